The smallest absolute Gasteiger partial charge is 0.0731 e. The molecule has 0 amide bonds. The molecule has 112 valence electrons. The van der Waals surface area contributed by atoms with Gasteiger partial charge in [0.05, 0.1) is 9.39 Å². The molecule has 3 rings (SSSR count). The highest BCUT2D eigenvalue weighted by Crippen LogP contribution is 2.46. The van der Waals surface area contributed by atoms with Crippen molar-refractivity contribution >= 4 is 27.3 Å². The molecule has 1 N–H and O–H groups in total. The summed E-state index contributed by atoms with van der Waals surface area (Å²) in [6.07, 6.45) is 7.65. The lowest BCUT2D eigenvalue weighted by Gasteiger charge is -2.41. The number of thiophene rings is 1. The van der Waals surface area contributed by atoms with Crippen LogP contribution in [0, 0.1) is 12.8 Å². The van der Waals surface area contributed by atoms with E-state index in [1.807, 2.05) is 11.3 Å². The Morgan fingerprint density at radius 1 is 1.45 bits per heavy atom. The Morgan fingerprint density at radius 2 is 2.20 bits per heavy atom. The van der Waals surface area contributed by atoms with E-state index in [0.29, 0.717) is 12.0 Å². The van der Waals surface area contributed by atoms with Crippen molar-refractivity contribution in [1.29, 1.82) is 0 Å². The van der Waals surface area contributed by atoms with Crippen LogP contribution in [0.15, 0.2) is 9.85 Å². The third kappa shape index (κ3) is 2.85. The van der Waals surface area contributed by atoms with Gasteiger partial charge in [-0.2, -0.15) is 0 Å². The van der Waals surface area contributed by atoms with Crippen LogP contribution in [0.4, 0.5) is 0 Å². The molecule has 1 saturated heterocycles. The summed E-state index contributed by atoms with van der Waals surface area (Å²) in [5.41, 5.74) is 1.56. The minimum atomic E-state index is 0.210. The summed E-state index contributed by atoms with van der Waals surface area (Å²) in [5.74, 6) is 0.705. The summed E-state index contributed by atoms with van der Waals surface area (Å²) >= 11 is 5.55. The average Bonchev–Trinajstić information content (AvgIpc) is 2.99. The summed E-state index contributed by atoms with van der Waals surface area (Å²) in [6.45, 7) is 3.12. The topological polar surface area (TPSA) is 21.3 Å². The highest BCUT2D eigenvalue weighted by atomic mass is 79.9. The molecule has 2 nitrogen and oxygen atoms in total. The summed E-state index contributed by atoms with van der Waals surface area (Å²) < 4.78 is 7.46. The van der Waals surface area contributed by atoms with E-state index in [1.165, 1.54) is 52.8 Å². The van der Waals surface area contributed by atoms with Gasteiger partial charge in [-0.25, -0.2) is 0 Å². The van der Waals surface area contributed by atoms with Crippen molar-refractivity contribution in [3.05, 3.63) is 20.3 Å². The Labute approximate surface area is 134 Å². The number of hydrogen-bond donors (Lipinski definition) is 1. The number of rotatable bonds is 3. The van der Waals surface area contributed by atoms with Gasteiger partial charge in [-0.15, -0.1) is 11.3 Å². The van der Waals surface area contributed by atoms with Crippen molar-refractivity contribution in [2.75, 3.05) is 13.7 Å². The number of hydrogen-bond acceptors (Lipinski definition) is 3. The zero-order chi connectivity index (χ0) is 14.2. The van der Waals surface area contributed by atoms with E-state index in [1.54, 1.807) is 0 Å². The van der Waals surface area contributed by atoms with Crippen LogP contribution >= 0.6 is 27.3 Å². The van der Waals surface area contributed by atoms with E-state index >= 15 is 0 Å². The van der Waals surface area contributed by atoms with E-state index in [0.717, 1.165) is 6.61 Å². The van der Waals surface area contributed by atoms with Gasteiger partial charge < -0.3 is 10.1 Å². The molecule has 2 fully saturated rings. The second-order valence-corrected chi connectivity index (χ2v) is 8.76. The normalized spacial score (nSPS) is 27.1. The molecule has 4 heteroatoms. The molecule has 1 aliphatic carbocycles. The zero-order valence-corrected chi connectivity index (χ0v) is 14.8. The van der Waals surface area contributed by atoms with Crippen molar-refractivity contribution in [3.63, 3.8) is 0 Å². The first-order valence-electron chi connectivity index (χ1n) is 7.71. The first-order chi connectivity index (χ1) is 9.63. The molecule has 1 aromatic heterocycles. The van der Waals surface area contributed by atoms with Gasteiger partial charge in [0.2, 0.25) is 0 Å². The Kier molecular flexibility index (Phi) is 4.56. The van der Waals surface area contributed by atoms with Gasteiger partial charge in [-0.1, -0.05) is 12.8 Å². The van der Waals surface area contributed by atoms with Gasteiger partial charge in [0.25, 0.3) is 0 Å². The standard InChI is InChI=1S/C16H24BrNOS/c1-11-9-13(20-15(11)17)14(18-2)12-5-8-19-16(10-12)6-3-4-7-16/h9,12,14,18H,3-8,10H2,1-2H3. The van der Waals surface area contributed by atoms with Crippen molar-refractivity contribution in [1.82, 2.24) is 5.32 Å². The molecule has 1 aliphatic heterocycles. The van der Waals surface area contributed by atoms with Crippen LogP contribution in [0.3, 0.4) is 0 Å². The molecular weight excluding hydrogens is 334 g/mol. The van der Waals surface area contributed by atoms with E-state index in [-0.39, 0.29) is 5.60 Å². The molecule has 2 heterocycles. The highest BCUT2D eigenvalue weighted by molar-refractivity contribution is 9.11. The first kappa shape index (κ1) is 15.0. The maximum atomic E-state index is 6.18. The molecule has 2 unspecified atom stereocenters. The number of nitrogens with one attached hydrogen (secondary N) is 1. The minimum Gasteiger partial charge on any atom is -0.375 e. The summed E-state index contributed by atoms with van der Waals surface area (Å²) in [6, 6.07) is 2.82. The molecule has 1 aromatic rings. The zero-order valence-electron chi connectivity index (χ0n) is 12.4. The van der Waals surface area contributed by atoms with Crippen LogP contribution < -0.4 is 5.32 Å². The predicted octanol–water partition coefficient (Wildman–Crippen LogP) is 4.82. The Balaban J connectivity index is 1.78. The van der Waals surface area contributed by atoms with Gasteiger partial charge >= 0.3 is 0 Å². The SMILES string of the molecule is CNC(c1cc(C)c(Br)s1)C1CCOC2(CCCC2)C1. The third-order valence-corrected chi connectivity index (χ3v) is 7.23. The molecule has 0 bridgehead atoms. The van der Waals surface area contributed by atoms with Crippen molar-refractivity contribution in [2.24, 2.45) is 5.92 Å². The first-order valence-corrected chi connectivity index (χ1v) is 9.31. The Bertz CT molecular complexity index is 448. The van der Waals surface area contributed by atoms with Gasteiger partial charge in [-0.3, -0.25) is 0 Å². The summed E-state index contributed by atoms with van der Waals surface area (Å²) in [7, 11) is 2.10. The summed E-state index contributed by atoms with van der Waals surface area (Å²) in [4.78, 5) is 1.47. The van der Waals surface area contributed by atoms with Gasteiger partial charge in [0.1, 0.15) is 0 Å². The van der Waals surface area contributed by atoms with Crippen LogP contribution in [0.25, 0.3) is 0 Å². The van der Waals surface area contributed by atoms with Crippen LogP contribution in [0.2, 0.25) is 0 Å². The van der Waals surface area contributed by atoms with Gasteiger partial charge in [0.15, 0.2) is 0 Å². The van der Waals surface area contributed by atoms with Crippen LogP contribution in [-0.2, 0) is 4.74 Å². The largest absolute Gasteiger partial charge is 0.375 e. The Morgan fingerprint density at radius 3 is 2.80 bits per heavy atom. The molecule has 0 aromatic carbocycles. The fourth-order valence-corrected chi connectivity index (χ4v) is 5.74. The van der Waals surface area contributed by atoms with Crippen LogP contribution in [-0.4, -0.2) is 19.3 Å². The van der Waals surface area contributed by atoms with E-state index in [9.17, 15) is 0 Å². The minimum absolute atomic E-state index is 0.210. The van der Waals surface area contributed by atoms with E-state index in [2.05, 4.69) is 41.3 Å². The van der Waals surface area contributed by atoms with E-state index < -0.39 is 0 Å². The monoisotopic (exact) mass is 357 g/mol. The number of aryl methyl sites for hydroxylation is 1. The van der Waals surface area contributed by atoms with Crippen molar-refractivity contribution in [2.45, 2.75) is 57.1 Å². The van der Waals surface area contributed by atoms with E-state index in [4.69, 9.17) is 4.74 Å². The molecule has 2 aliphatic rings. The molecular formula is C16H24BrNOS. The second kappa shape index (κ2) is 6.07. The third-order valence-electron chi connectivity index (χ3n) is 5.01. The number of ether oxygens (including phenoxy) is 1. The maximum Gasteiger partial charge on any atom is 0.0731 e. The molecule has 0 radical (unpaired) electrons. The molecule has 1 spiro atoms. The lowest BCUT2D eigenvalue weighted by molar-refractivity contribution is -0.0977. The maximum absolute atomic E-state index is 6.18. The molecule has 20 heavy (non-hydrogen) atoms. The second-order valence-electron chi connectivity index (χ2n) is 6.36. The van der Waals surface area contributed by atoms with Crippen LogP contribution in [0.5, 0.6) is 0 Å². The van der Waals surface area contributed by atoms with Crippen molar-refractivity contribution in [3.8, 4) is 0 Å². The summed E-state index contributed by atoms with van der Waals surface area (Å²) in [5, 5.41) is 3.57. The van der Waals surface area contributed by atoms with Gasteiger partial charge in [0, 0.05) is 17.5 Å². The van der Waals surface area contributed by atoms with Gasteiger partial charge in [-0.05, 0) is 73.1 Å². The molecule has 2 atom stereocenters. The highest BCUT2D eigenvalue weighted by Gasteiger charge is 2.42. The number of halogens is 1. The lowest BCUT2D eigenvalue weighted by atomic mass is 9.80. The average molecular weight is 358 g/mol. The van der Waals surface area contributed by atoms with Crippen LogP contribution in [0.1, 0.15) is 55.0 Å². The Hall–Kier alpha value is 0.1000. The molecule has 1 saturated carbocycles. The lowest BCUT2D eigenvalue weighted by Crippen LogP contribution is -2.41. The quantitative estimate of drug-likeness (QED) is 0.837. The fraction of sp³-hybridized carbons (Fsp3) is 0.750. The predicted molar refractivity (Wildman–Crippen MR) is 88.4 cm³/mol. The van der Waals surface area contributed by atoms with Crippen molar-refractivity contribution < 1.29 is 4.74 Å². The fourth-order valence-electron chi connectivity index (χ4n) is 3.97.